The molecule has 1 unspecified atom stereocenters. The van der Waals surface area contributed by atoms with Crippen molar-refractivity contribution >= 4 is 14.2 Å². The summed E-state index contributed by atoms with van der Waals surface area (Å²) < 4.78 is 0. The zero-order chi connectivity index (χ0) is 11.4. The normalized spacial score (nSPS) is 10.1. The molecule has 0 aromatic heterocycles. The standard InChI is InChI=1S/C6H14O.C6H12O.B.Na.H/c2*1-3-5-6(7)4-2;;;/h6-7H,3-5H2,1-2H3;3-5H2,1-2H3;;;/q;;;+1;-1. The minimum atomic E-state index is -0.0509. The second-order valence-corrected chi connectivity index (χ2v) is 3.49. The second kappa shape index (κ2) is 21.0. The average molecular weight is 237 g/mol. The third-order valence-corrected chi connectivity index (χ3v) is 2.02. The Bertz CT molecular complexity index is 138. The molecule has 0 fully saturated rings. The van der Waals surface area contributed by atoms with Crippen molar-refractivity contribution in [3.05, 3.63) is 0 Å². The molecule has 0 aliphatic carbocycles. The van der Waals surface area contributed by atoms with Crippen LogP contribution >= 0.6 is 0 Å². The third-order valence-electron chi connectivity index (χ3n) is 2.02. The summed E-state index contributed by atoms with van der Waals surface area (Å²) in [5.74, 6) is 0.377. The van der Waals surface area contributed by atoms with E-state index in [0.717, 1.165) is 32.1 Å². The molecular formula is C12H27BNaO2. The van der Waals surface area contributed by atoms with E-state index in [-0.39, 0.29) is 45.5 Å². The fraction of sp³-hybridized carbons (Fsp3) is 0.917. The SMILES string of the molecule is CCCC(=O)CC.CCCC(O)CC.[B].[H-].[Na+]. The Labute approximate surface area is 127 Å². The van der Waals surface area contributed by atoms with Gasteiger partial charge < -0.3 is 6.53 Å². The van der Waals surface area contributed by atoms with Gasteiger partial charge in [-0.3, -0.25) is 4.79 Å². The number of carbonyl (C=O) groups excluding carboxylic acids is 1. The van der Waals surface area contributed by atoms with Gasteiger partial charge in [-0.1, -0.05) is 34.1 Å². The maximum Gasteiger partial charge on any atom is 1.00 e. The van der Waals surface area contributed by atoms with E-state index in [9.17, 15) is 4.79 Å². The topological polar surface area (TPSA) is 37.3 Å². The van der Waals surface area contributed by atoms with Crippen molar-refractivity contribution in [1.29, 1.82) is 0 Å². The molecule has 0 rings (SSSR count). The van der Waals surface area contributed by atoms with Crippen LogP contribution in [0.5, 0.6) is 0 Å². The monoisotopic (exact) mass is 237 g/mol. The molecule has 0 saturated carbocycles. The minimum absolute atomic E-state index is 0. The molecule has 0 spiro atoms. The predicted octanol–water partition coefficient (Wildman–Crippen LogP) is 0.0587. The Morgan fingerprint density at radius 2 is 1.69 bits per heavy atom. The summed E-state index contributed by atoms with van der Waals surface area (Å²) >= 11 is 0. The molecular weight excluding hydrogens is 210 g/mol. The summed E-state index contributed by atoms with van der Waals surface area (Å²) in [5, 5.41) is 8.86. The molecule has 0 aliphatic rings. The molecule has 16 heavy (non-hydrogen) atoms. The van der Waals surface area contributed by atoms with E-state index in [1.165, 1.54) is 0 Å². The number of aliphatic hydroxyl groups is 1. The van der Waals surface area contributed by atoms with E-state index in [0.29, 0.717) is 12.2 Å². The maximum absolute atomic E-state index is 10.4. The van der Waals surface area contributed by atoms with Crippen molar-refractivity contribution < 1.29 is 40.9 Å². The third kappa shape index (κ3) is 24.1. The Hall–Kier alpha value is 0.695. The number of rotatable bonds is 6. The predicted molar refractivity (Wildman–Crippen MR) is 68.3 cm³/mol. The van der Waals surface area contributed by atoms with E-state index in [1.54, 1.807) is 0 Å². The van der Waals surface area contributed by atoms with Gasteiger partial charge in [0.1, 0.15) is 5.78 Å². The molecule has 0 amide bonds. The van der Waals surface area contributed by atoms with Crippen molar-refractivity contribution in [3.63, 3.8) is 0 Å². The number of hydrogen-bond acceptors (Lipinski definition) is 2. The summed E-state index contributed by atoms with van der Waals surface area (Å²) in [4.78, 5) is 10.4. The number of carbonyl (C=O) groups is 1. The summed E-state index contributed by atoms with van der Waals surface area (Å²) in [6, 6.07) is 0. The van der Waals surface area contributed by atoms with Crippen LogP contribution in [0, 0.1) is 0 Å². The van der Waals surface area contributed by atoms with Gasteiger partial charge in [-0.25, -0.2) is 0 Å². The van der Waals surface area contributed by atoms with Gasteiger partial charge in [-0.15, -0.1) is 0 Å². The second-order valence-electron chi connectivity index (χ2n) is 3.49. The molecule has 0 aliphatic heterocycles. The number of Topliss-reactive ketones (excluding diaryl/α,β-unsaturated/α-hetero) is 1. The van der Waals surface area contributed by atoms with E-state index >= 15 is 0 Å². The van der Waals surface area contributed by atoms with Gasteiger partial charge in [0, 0.05) is 21.3 Å². The first-order valence-electron chi connectivity index (χ1n) is 5.81. The molecule has 0 heterocycles. The van der Waals surface area contributed by atoms with Crippen molar-refractivity contribution in [1.82, 2.24) is 0 Å². The van der Waals surface area contributed by atoms with Gasteiger partial charge in [0.2, 0.25) is 0 Å². The summed E-state index contributed by atoms with van der Waals surface area (Å²) in [6.07, 6.45) is 5.35. The molecule has 0 bridgehead atoms. The van der Waals surface area contributed by atoms with Crippen LogP contribution in [0.15, 0.2) is 0 Å². The van der Waals surface area contributed by atoms with Gasteiger partial charge in [0.05, 0.1) is 6.10 Å². The Balaban J connectivity index is -0.0000000480. The van der Waals surface area contributed by atoms with Crippen LogP contribution < -0.4 is 29.6 Å². The first-order chi connectivity index (χ1) is 6.62. The van der Waals surface area contributed by atoms with E-state index in [1.807, 2.05) is 20.8 Å². The quantitative estimate of drug-likeness (QED) is 0.663. The zero-order valence-corrected chi connectivity index (χ0v) is 13.8. The Morgan fingerprint density at radius 3 is 1.81 bits per heavy atom. The smallest absolute Gasteiger partial charge is 1.00 e. The minimum Gasteiger partial charge on any atom is -1.00 e. The van der Waals surface area contributed by atoms with Crippen molar-refractivity contribution in [2.24, 2.45) is 0 Å². The van der Waals surface area contributed by atoms with Crippen LogP contribution in [0.3, 0.4) is 0 Å². The molecule has 1 atom stereocenters. The first kappa shape index (κ1) is 25.5. The van der Waals surface area contributed by atoms with Crippen molar-refractivity contribution in [2.45, 2.75) is 72.3 Å². The molecule has 0 saturated heterocycles. The first-order valence-corrected chi connectivity index (χ1v) is 5.81. The van der Waals surface area contributed by atoms with Crippen LogP contribution in [-0.4, -0.2) is 25.4 Å². The molecule has 91 valence electrons. The summed E-state index contributed by atoms with van der Waals surface area (Å²) in [7, 11) is 0. The largest absolute Gasteiger partial charge is 1.00 e. The maximum atomic E-state index is 10.4. The fourth-order valence-corrected chi connectivity index (χ4v) is 0.993. The summed E-state index contributed by atoms with van der Waals surface area (Å²) in [6.45, 7) is 8.00. The van der Waals surface area contributed by atoms with Gasteiger partial charge in [-0.05, 0) is 19.3 Å². The molecule has 4 heteroatoms. The fourth-order valence-electron chi connectivity index (χ4n) is 0.993. The van der Waals surface area contributed by atoms with Crippen LogP contribution in [0.2, 0.25) is 0 Å². The van der Waals surface area contributed by atoms with Crippen LogP contribution in [0.4, 0.5) is 0 Å². The van der Waals surface area contributed by atoms with E-state index in [2.05, 4.69) is 6.92 Å². The van der Waals surface area contributed by atoms with Crippen LogP contribution in [0.1, 0.15) is 67.6 Å². The van der Waals surface area contributed by atoms with Gasteiger partial charge in [0.25, 0.3) is 0 Å². The van der Waals surface area contributed by atoms with Crippen LogP contribution in [0.25, 0.3) is 0 Å². The average Bonchev–Trinajstić information content (AvgIpc) is 2.19. The summed E-state index contributed by atoms with van der Waals surface area (Å²) in [5.41, 5.74) is 0. The van der Waals surface area contributed by atoms with E-state index in [4.69, 9.17) is 5.11 Å². The molecule has 0 aromatic rings. The van der Waals surface area contributed by atoms with Crippen molar-refractivity contribution in [3.8, 4) is 0 Å². The van der Waals surface area contributed by atoms with Gasteiger partial charge in [0.15, 0.2) is 0 Å². The van der Waals surface area contributed by atoms with E-state index < -0.39 is 0 Å². The zero-order valence-electron chi connectivity index (χ0n) is 12.8. The van der Waals surface area contributed by atoms with Gasteiger partial charge in [-0.2, -0.15) is 0 Å². The molecule has 3 radical (unpaired) electrons. The molecule has 0 aromatic carbocycles. The van der Waals surface area contributed by atoms with Crippen LogP contribution in [-0.2, 0) is 4.79 Å². The van der Waals surface area contributed by atoms with Crippen molar-refractivity contribution in [2.75, 3.05) is 0 Å². The molecule has 1 N–H and O–H groups in total. The Morgan fingerprint density at radius 1 is 1.19 bits per heavy atom. The number of aliphatic hydroxyl groups excluding tert-OH is 1. The Kier molecular flexibility index (Phi) is 33.5. The number of ketones is 1. The number of hydrogen-bond donors (Lipinski definition) is 1. The van der Waals surface area contributed by atoms with Gasteiger partial charge >= 0.3 is 29.6 Å². The molecule has 2 nitrogen and oxygen atoms in total.